The monoisotopic (exact) mass is 251 g/mol. The van der Waals surface area contributed by atoms with Crippen molar-refractivity contribution in [1.29, 1.82) is 0 Å². The molecule has 0 radical (unpaired) electrons. The lowest BCUT2D eigenvalue weighted by Crippen LogP contribution is -2.07. The number of hydrogen-bond donors (Lipinski definition) is 1. The van der Waals surface area contributed by atoms with Crippen LogP contribution in [-0.2, 0) is 6.42 Å². The summed E-state index contributed by atoms with van der Waals surface area (Å²) in [6, 6.07) is 14.8. The summed E-state index contributed by atoms with van der Waals surface area (Å²) in [7, 11) is 0. The molecule has 96 valence electrons. The van der Waals surface area contributed by atoms with Gasteiger partial charge in [0.15, 0.2) is 0 Å². The Bertz CT molecular complexity index is 696. The molecule has 0 fully saturated rings. The van der Waals surface area contributed by atoms with Crippen LogP contribution < -0.4 is 5.73 Å². The van der Waals surface area contributed by atoms with Gasteiger partial charge in [0.1, 0.15) is 5.82 Å². The first kappa shape index (κ1) is 11.9. The molecule has 0 unspecified atom stereocenters. The van der Waals surface area contributed by atoms with E-state index in [0.717, 1.165) is 17.8 Å². The average molecular weight is 251 g/mol. The second-order valence-corrected chi connectivity index (χ2v) is 4.75. The Morgan fingerprint density at radius 2 is 1.89 bits per heavy atom. The molecule has 2 heterocycles. The molecule has 0 bridgehead atoms. The molecule has 0 amide bonds. The van der Waals surface area contributed by atoms with Gasteiger partial charge in [0.05, 0.1) is 17.4 Å². The van der Waals surface area contributed by atoms with Crippen molar-refractivity contribution in [1.82, 2.24) is 9.38 Å². The predicted octanol–water partition coefficient (Wildman–Crippen LogP) is 2.81. The van der Waals surface area contributed by atoms with Crippen molar-refractivity contribution in [2.45, 2.75) is 13.3 Å². The molecule has 3 nitrogen and oxygen atoms in total. The van der Waals surface area contributed by atoms with E-state index in [4.69, 9.17) is 5.73 Å². The van der Waals surface area contributed by atoms with Crippen molar-refractivity contribution in [3.05, 3.63) is 60.0 Å². The van der Waals surface area contributed by atoms with Crippen molar-refractivity contribution in [3.63, 3.8) is 0 Å². The van der Waals surface area contributed by atoms with Crippen LogP contribution in [0.15, 0.2) is 48.7 Å². The van der Waals surface area contributed by atoms with E-state index in [-0.39, 0.29) is 0 Å². The van der Waals surface area contributed by atoms with Crippen LogP contribution >= 0.6 is 0 Å². The van der Waals surface area contributed by atoms with Crippen LogP contribution in [0.4, 0.5) is 0 Å². The second kappa shape index (κ2) is 4.86. The predicted molar refractivity (Wildman–Crippen MR) is 78.1 cm³/mol. The molecule has 1 aromatic carbocycles. The van der Waals surface area contributed by atoms with Gasteiger partial charge >= 0.3 is 0 Å². The number of imidazole rings is 1. The van der Waals surface area contributed by atoms with Crippen molar-refractivity contribution in [2.75, 3.05) is 6.54 Å². The van der Waals surface area contributed by atoms with E-state index < -0.39 is 0 Å². The van der Waals surface area contributed by atoms with Gasteiger partial charge in [-0.25, -0.2) is 4.98 Å². The van der Waals surface area contributed by atoms with E-state index in [2.05, 4.69) is 58.8 Å². The Kier molecular flexibility index (Phi) is 3.05. The lowest BCUT2D eigenvalue weighted by molar-refractivity contribution is 0.866. The summed E-state index contributed by atoms with van der Waals surface area (Å²) in [6.45, 7) is 2.71. The van der Waals surface area contributed by atoms with E-state index in [1.165, 1.54) is 16.8 Å². The molecule has 3 heteroatoms. The summed E-state index contributed by atoms with van der Waals surface area (Å²) in [5.74, 6) is 1.02. The Balaban J connectivity index is 2.22. The quantitative estimate of drug-likeness (QED) is 0.778. The maximum Gasteiger partial charge on any atom is 0.114 e. The highest BCUT2D eigenvalue weighted by atomic mass is 15.0. The molecule has 0 aliphatic carbocycles. The molecule has 0 aliphatic rings. The van der Waals surface area contributed by atoms with Crippen molar-refractivity contribution < 1.29 is 0 Å². The Morgan fingerprint density at radius 3 is 2.63 bits per heavy atom. The smallest absolute Gasteiger partial charge is 0.114 e. The highest BCUT2D eigenvalue weighted by molar-refractivity contribution is 5.65. The number of aryl methyl sites for hydroxylation is 1. The fourth-order valence-electron chi connectivity index (χ4n) is 2.37. The third kappa shape index (κ3) is 2.13. The highest BCUT2D eigenvalue weighted by Gasteiger charge is 2.08. The molecule has 2 aromatic heterocycles. The first-order valence-corrected chi connectivity index (χ1v) is 6.52. The summed E-state index contributed by atoms with van der Waals surface area (Å²) in [5.41, 5.74) is 10.4. The molecule has 19 heavy (non-hydrogen) atoms. The standard InChI is InChI=1S/C16H17N3/c1-12-5-7-13(8-6-12)15-4-2-3-14-11-18-16(9-10-17)19(14)15/h2-8,11H,9-10,17H2,1H3. The number of pyridine rings is 1. The SMILES string of the molecule is Cc1ccc(-c2cccc3cnc(CCN)n23)cc1. The molecular formula is C16H17N3. The molecule has 3 aromatic rings. The minimum atomic E-state index is 0.612. The summed E-state index contributed by atoms with van der Waals surface area (Å²) in [5, 5.41) is 0. The number of nitrogens with zero attached hydrogens (tertiary/aromatic N) is 2. The van der Waals surface area contributed by atoms with Gasteiger partial charge < -0.3 is 5.73 Å². The zero-order valence-corrected chi connectivity index (χ0v) is 11.0. The first-order chi connectivity index (χ1) is 9.29. The number of fused-ring (bicyclic) bond motifs is 1. The van der Waals surface area contributed by atoms with E-state index in [1.807, 2.05) is 6.20 Å². The number of benzene rings is 1. The molecule has 0 atom stereocenters. The Morgan fingerprint density at radius 1 is 1.11 bits per heavy atom. The molecule has 3 rings (SSSR count). The van der Waals surface area contributed by atoms with Crippen LogP contribution in [0.3, 0.4) is 0 Å². The van der Waals surface area contributed by atoms with Gasteiger partial charge in [0.25, 0.3) is 0 Å². The van der Waals surface area contributed by atoms with Gasteiger partial charge in [-0.15, -0.1) is 0 Å². The summed E-state index contributed by atoms with van der Waals surface area (Å²) < 4.78 is 2.19. The maximum absolute atomic E-state index is 5.67. The van der Waals surface area contributed by atoms with E-state index >= 15 is 0 Å². The van der Waals surface area contributed by atoms with Crippen LogP contribution in [-0.4, -0.2) is 15.9 Å². The zero-order valence-electron chi connectivity index (χ0n) is 11.0. The van der Waals surface area contributed by atoms with E-state index in [9.17, 15) is 0 Å². The number of hydrogen-bond acceptors (Lipinski definition) is 2. The van der Waals surface area contributed by atoms with Gasteiger partial charge in [-0.3, -0.25) is 4.40 Å². The van der Waals surface area contributed by atoms with Crippen LogP contribution in [0.25, 0.3) is 16.8 Å². The summed E-state index contributed by atoms with van der Waals surface area (Å²) in [6.07, 6.45) is 2.69. The molecule has 0 spiro atoms. The largest absolute Gasteiger partial charge is 0.330 e. The average Bonchev–Trinajstić information content (AvgIpc) is 2.84. The molecule has 0 saturated heterocycles. The van der Waals surface area contributed by atoms with Crippen molar-refractivity contribution >= 4 is 5.52 Å². The lowest BCUT2D eigenvalue weighted by Gasteiger charge is -2.09. The molecule has 2 N–H and O–H groups in total. The highest BCUT2D eigenvalue weighted by Crippen LogP contribution is 2.23. The fourth-order valence-corrected chi connectivity index (χ4v) is 2.37. The third-order valence-corrected chi connectivity index (χ3v) is 3.34. The van der Waals surface area contributed by atoms with Crippen LogP contribution in [0.5, 0.6) is 0 Å². The van der Waals surface area contributed by atoms with E-state index in [0.29, 0.717) is 6.54 Å². The summed E-state index contributed by atoms with van der Waals surface area (Å²) >= 11 is 0. The third-order valence-electron chi connectivity index (χ3n) is 3.34. The van der Waals surface area contributed by atoms with Gasteiger partial charge in [-0.2, -0.15) is 0 Å². The fraction of sp³-hybridized carbons (Fsp3) is 0.188. The zero-order chi connectivity index (χ0) is 13.2. The normalized spacial score (nSPS) is 11.1. The molecule has 0 aliphatic heterocycles. The molecular weight excluding hydrogens is 234 g/mol. The topological polar surface area (TPSA) is 43.3 Å². The van der Waals surface area contributed by atoms with E-state index in [1.54, 1.807) is 0 Å². The van der Waals surface area contributed by atoms with Gasteiger partial charge in [0.2, 0.25) is 0 Å². The number of aromatic nitrogens is 2. The van der Waals surface area contributed by atoms with Crippen LogP contribution in [0, 0.1) is 6.92 Å². The maximum atomic E-state index is 5.67. The Labute approximate surface area is 112 Å². The minimum Gasteiger partial charge on any atom is -0.330 e. The van der Waals surface area contributed by atoms with Gasteiger partial charge in [-0.05, 0) is 31.2 Å². The molecule has 0 saturated carbocycles. The number of rotatable bonds is 3. The first-order valence-electron chi connectivity index (χ1n) is 6.52. The van der Waals surface area contributed by atoms with Crippen molar-refractivity contribution in [3.8, 4) is 11.3 Å². The second-order valence-electron chi connectivity index (χ2n) is 4.75. The Hall–Kier alpha value is -2.13. The van der Waals surface area contributed by atoms with Crippen molar-refractivity contribution in [2.24, 2.45) is 5.73 Å². The van der Waals surface area contributed by atoms with Gasteiger partial charge in [0, 0.05) is 6.42 Å². The number of nitrogens with two attached hydrogens (primary N) is 1. The van der Waals surface area contributed by atoms with Gasteiger partial charge in [-0.1, -0.05) is 35.9 Å². The minimum absolute atomic E-state index is 0.612. The van der Waals surface area contributed by atoms with Crippen LogP contribution in [0.1, 0.15) is 11.4 Å². The van der Waals surface area contributed by atoms with Crippen LogP contribution in [0.2, 0.25) is 0 Å². The summed E-state index contributed by atoms with van der Waals surface area (Å²) in [4.78, 5) is 4.47. The lowest BCUT2D eigenvalue weighted by atomic mass is 10.1.